The molecule has 0 aliphatic heterocycles. The highest BCUT2D eigenvalue weighted by Crippen LogP contribution is 2.39. The Morgan fingerprint density at radius 3 is 1.89 bits per heavy atom. The van der Waals surface area contributed by atoms with Gasteiger partial charge in [0, 0.05) is 6.61 Å². The monoisotopic (exact) mass is 510 g/mol. The zero-order chi connectivity index (χ0) is 26.6. The van der Waals surface area contributed by atoms with Crippen molar-refractivity contribution in [3.63, 3.8) is 0 Å². The van der Waals surface area contributed by atoms with Crippen LogP contribution in [0.25, 0.3) is 27.1 Å². The molecule has 0 radical (unpaired) electrons. The number of unbranched alkanes of at least 4 members (excludes halogenated alkanes) is 9. The lowest BCUT2D eigenvalue weighted by Gasteiger charge is -2.18. The summed E-state index contributed by atoms with van der Waals surface area (Å²) in [5.74, 6) is -0.900. The molecule has 4 rings (SSSR count). The molecule has 0 saturated carbocycles. The van der Waals surface area contributed by atoms with Crippen LogP contribution in [0.4, 0.5) is 0 Å². The van der Waals surface area contributed by atoms with Gasteiger partial charge in [0.1, 0.15) is 0 Å². The zero-order valence-corrected chi connectivity index (χ0v) is 22.9. The third-order valence-electron chi connectivity index (χ3n) is 7.60. The van der Waals surface area contributed by atoms with Crippen molar-refractivity contribution in [2.24, 2.45) is 0 Å². The van der Waals surface area contributed by atoms with E-state index in [1.165, 1.54) is 90.5 Å². The molecule has 0 atom stereocenters. The molecule has 0 bridgehead atoms. The molecule has 3 aromatic rings. The molecule has 0 spiro atoms. The van der Waals surface area contributed by atoms with Crippen molar-refractivity contribution in [3.8, 4) is 0 Å². The van der Waals surface area contributed by atoms with Gasteiger partial charge in [-0.15, -0.1) is 0 Å². The molecule has 1 aliphatic rings. The second-order valence-electron chi connectivity index (χ2n) is 10.4. The number of hydrogen-bond donors (Lipinski definition) is 1. The summed E-state index contributed by atoms with van der Waals surface area (Å²) in [5.41, 5.74) is 3.86. The summed E-state index contributed by atoms with van der Waals surface area (Å²) in [6, 6.07) is 17.1. The highest BCUT2D eigenvalue weighted by Gasteiger charge is 2.17. The van der Waals surface area contributed by atoms with Gasteiger partial charge in [0.25, 0.3) is 0 Å². The summed E-state index contributed by atoms with van der Waals surface area (Å²) in [7, 11) is 0. The van der Waals surface area contributed by atoms with E-state index in [2.05, 4.69) is 55.5 Å². The molecule has 3 heteroatoms. The molecule has 0 aromatic heterocycles. The maximum absolute atomic E-state index is 11.5. The van der Waals surface area contributed by atoms with Crippen molar-refractivity contribution in [2.45, 2.75) is 84.2 Å². The summed E-state index contributed by atoms with van der Waals surface area (Å²) in [4.78, 5) is 11.5. The molecule has 200 valence electrons. The number of carboxylic acids is 1. The molecule has 38 heavy (non-hydrogen) atoms. The van der Waals surface area contributed by atoms with Crippen molar-refractivity contribution in [1.29, 1.82) is 0 Å². The van der Waals surface area contributed by atoms with E-state index in [-0.39, 0.29) is 0 Å². The fourth-order valence-electron chi connectivity index (χ4n) is 5.54. The fraction of sp³-hybridized carbons (Fsp3) is 0.400. The van der Waals surface area contributed by atoms with Crippen LogP contribution in [0.15, 0.2) is 78.4 Å². The van der Waals surface area contributed by atoms with Gasteiger partial charge in [-0.2, -0.15) is 0 Å². The molecule has 0 saturated heterocycles. The van der Waals surface area contributed by atoms with E-state index in [1.807, 2.05) is 12.2 Å². The van der Waals surface area contributed by atoms with Gasteiger partial charge in [-0.05, 0) is 57.2 Å². The van der Waals surface area contributed by atoms with Crippen LogP contribution in [0.1, 0.15) is 88.7 Å². The quantitative estimate of drug-likeness (QED) is 0.163. The van der Waals surface area contributed by atoms with Crippen molar-refractivity contribution in [2.75, 3.05) is 6.61 Å². The Kier molecular flexibility index (Phi) is 10.8. The van der Waals surface area contributed by atoms with Gasteiger partial charge < -0.3 is 9.84 Å². The number of ether oxygens (including phenoxy) is 1. The first kappa shape index (κ1) is 27.9. The Labute approximate surface area is 227 Å². The Morgan fingerprint density at radius 1 is 0.763 bits per heavy atom. The second kappa shape index (κ2) is 14.7. The van der Waals surface area contributed by atoms with Crippen molar-refractivity contribution < 1.29 is 14.6 Å². The maximum atomic E-state index is 11.5. The minimum absolute atomic E-state index is 0.311. The normalized spacial score (nSPS) is 13.5. The lowest BCUT2D eigenvalue weighted by Crippen LogP contribution is -2.00. The minimum atomic E-state index is -0.900. The Morgan fingerprint density at radius 2 is 1.32 bits per heavy atom. The van der Waals surface area contributed by atoms with Crippen LogP contribution in [0.3, 0.4) is 0 Å². The maximum Gasteiger partial charge on any atom is 0.335 e. The van der Waals surface area contributed by atoms with Crippen LogP contribution in [0.2, 0.25) is 0 Å². The number of fused-ring (bicyclic) bond motifs is 2. The smallest absolute Gasteiger partial charge is 0.335 e. The van der Waals surface area contributed by atoms with Gasteiger partial charge in [-0.25, -0.2) is 4.79 Å². The Balaban J connectivity index is 1.45. The van der Waals surface area contributed by atoms with Crippen molar-refractivity contribution >= 4 is 33.1 Å². The topological polar surface area (TPSA) is 46.5 Å². The highest BCUT2D eigenvalue weighted by atomic mass is 16.5. The van der Waals surface area contributed by atoms with Gasteiger partial charge in [0.2, 0.25) is 0 Å². The Hall–Kier alpha value is -3.17. The van der Waals surface area contributed by atoms with E-state index in [1.54, 1.807) is 12.2 Å². The van der Waals surface area contributed by atoms with E-state index in [0.29, 0.717) is 18.6 Å². The van der Waals surface area contributed by atoms with E-state index >= 15 is 0 Å². The van der Waals surface area contributed by atoms with Gasteiger partial charge in [-0.3, -0.25) is 0 Å². The number of benzene rings is 3. The second-order valence-corrected chi connectivity index (χ2v) is 10.4. The zero-order valence-electron chi connectivity index (χ0n) is 22.9. The minimum Gasteiger partial charge on any atom is -0.478 e. The van der Waals surface area contributed by atoms with Gasteiger partial charge in [0.05, 0.1) is 12.2 Å². The lowest BCUT2D eigenvalue weighted by molar-refractivity contribution is -0.132. The average Bonchev–Trinajstić information content (AvgIpc) is 3.19. The lowest BCUT2D eigenvalue weighted by atomic mass is 9.87. The van der Waals surface area contributed by atoms with Gasteiger partial charge >= 0.3 is 5.97 Å². The van der Waals surface area contributed by atoms with Gasteiger partial charge in [0.15, 0.2) is 0 Å². The molecule has 0 unspecified atom stereocenters. The number of hydrogen-bond acceptors (Lipinski definition) is 2. The summed E-state index contributed by atoms with van der Waals surface area (Å²) in [6.45, 7) is 3.66. The predicted octanol–water partition coefficient (Wildman–Crippen LogP) is 9.78. The number of rotatable bonds is 15. The summed E-state index contributed by atoms with van der Waals surface area (Å²) >= 11 is 0. The van der Waals surface area contributed by atoms with Crippen molar-refractivity contribution in [1.82, 2.24) is 0 Å². The molecule has 0 amide bonds. The molecule has 1 N–H and O–H groups in total. The molecule has 3 nitrogen and oxygen atoms in total. The molecular weight excluding hydrogens is 468 g/mol. The molecule has 0 heterocycles. The van der Waals surface area contributed by atoms with Gasteiger partial charge in [-0.1, -0.05) is 131 Å². The van der Waals surface area contributed by atoms with Crippen molar-refractivity contribution in [3.05, 3.63) is 89.5 Å². The van der Waals surface area contributed by atoms with E-state index in [4.69, 9.17) is 4.74 Å². The first-order valence-electron chi connectivity index (χ1n) is 14.5. The molecule has 1 aliphatic carbocycles. The summed E-state index contributed by atoms with van der Waals surface area (Å²) < 4.78 is 6.25. The number of allylic oxidation sites excluding steroid dienone is 4. The highest BCUT2D eigenvalue weighted by molar-refractivity contribution is 6.12. The molecular formula is C35H42O3. The largest absolute Gasteiger partial charge is 0.478 e. The average molecular weight is 511 g/mol. The molecule has 3 aromatic carbocycles. The van der Waals surface area contributed by atoms with Crippen LogP contribution in [0, 0.1) is 0 Å². The summed E-state index contributed by atoms with van der Waals surface area (Å²) in [5, 5.41) is 14.2. The van der Waals surface area contributed by atoms with Crippen LogP contribution >= 0.6 is 0 Å². The predicted molar refractivity (Wildman–Crippen MR) is 160 cm³/mol. The first-order chi connectivity index (χ1) is 18.7. The molecule has 0 fully saturated rings. The fourth-order valence-corrected chi connectivity index (χ4v) is 5.54. The van der Waals surface area contributed by atoms with Crippen LogP contribution in [0.5, 0.6) is 0 Å². The SMILES string of the molecule is CCCCCCCCCCCCOCc1c2ccccc2c(C2=CC=C(C(=O)O)C=CC2)c2ccccc12. The number of carboxylic acid groups (broad SMARTS) is 1. The Bertz CT molecular complexity index is 1250. The summed E-state index contributed by atoms with van der Waals surface area (Å²) in [6.07, 6.45) is 21.3. The van der Waals surface area contributed by atoms with E-state index in [0.717, 1.165) is 18.6 Å². The van der Waals surface area contributed by atoms with E-state index < -0.39 is 5.97 Å². The number of aliphatic carboxylic acids is 1. The standard InChI is InChI=1S/C35H42O3/c1-2-3-4-5-6-7-8-9-10-15-25-38-26-33-29-19-11-13-21-31(29)34(32-22-14-12-20-30(32)33)27-17-16-18-28(24-23-27)35(36)37/h11-14,16,18-24H,2-10,15,17,25-26H2,1H3,(H,36,37). The first-order valence-corrected chi connectivity index (χ1v) is 14.5. The van der Waals surface area contributed by atoms with E-state index in [9.17, 15) is 9.90 Å². The number of carbonyl (C=O) groups is 1. The van der Waals surface area contributed by atoms with Crippen LogP contribution in [-0.4, -0.2) is 17.7 Å². The third-order valence-corrected chi connectivity index (χ3v) is 7.60. The third kappa shape index (κ3) is 7.23. The van der Waals surface area contributed by atoms with Crippen LogP contribution in [-0.2, 0) is 16.1 Å². The van der Waals surface area contributed by atoms with Crippen LogP contribution < -0.4 is 0 Å².